The maximum Gasteiger partial charge on any atom is 0.115 e. The fourth-order valence-corrected chi connectivity index (χ4v) is 1.38. The Hall–Kier alpha value is -2.74. The van der Waals surface area contributed by atoms with E-state index < -0.39 is 0 Å². The van der Waals surface area contributed by atoms with E-state index in [0.717, 1.165) is 11.1 Å². The highest BCUT2D eigenvalue weighted by Crippen LogP contribution is 2.19. The van der Waals surface area contributed by atoms with Gasteiger partial charge in [-0.1, -0.05) is 84.4 Å². The summed E-state index contributed by atoms with van der Waals surface area (Å²) in [4.78, 5) is 0. The number of aromatic hydroxyl groups is 1. The number of rotatable bonds is 6. The number of benzene rings is 1. The van der Waals surface area contributed by atoms with Crippen LogP contribution in [0.15, 0.2) is 91.8 Å². The predicted molar refractivity (Wildman–Crippen MR) is 108 cm³/mol. The van der Waals surface area contributed by atoms with Gasteiger partial charge in [0.15, 0.2) is 0 Å². The lowest BCUT2D eigenvalue weighted by atomic mass is 10.0. The SMILES string of the molecule is C=C(O)/C=C\C(=C)C(=C)/C=C\C(=C)c1ccc(O)cc1.CC.CC. The van der Waals surface area contributed by atoms with Gasteiger partial charge in [-0.15, -0.1) is 0 Å². The average Bonchev–Trinajstić information content (AvgIpc) is 2.61. The summed E-state index contributed by atoms with van der Waals surface area (Å²) >= 11 is 0. The summed E-state index contributed by atoms with van der Waals surface area (Å²) in [7, 11) is 0. The zero-order valence-electron chi connectivity index (χ0n) is 15.3. The van der Waals surface area contributed by atoms with E-state index >= 15 is 0 Å². The molecule has 2 heteroatoms. The summed E-state index contributed by atoms with van der Waals surface area (Å²) in [6.07, 6.45) is 6.71. The molecule has 0 bridgehead atoms. The Morgan fingerprint density at radius 1 is 0.750 bits per heavy atom. The molecule has 0 amide bonds. The predicted octanol–water partition coefficient (Wildman–Crippen LogP) is 6.75. The highest BCUT2D eigenvalue weighted by Gasteiger charge is 1.97. The minimum Gasteiger partial charge on any atom is -0.509 e. The van der Waals surface area contributed by atoms with Crippen molar-refractivity contribution in [2.45, 2.75) is 27.7 Å². The van der Waals surface area contributed by atoms with Crippen LogP contribution in [-0.2, 0) is 0 Å². The lowest BCUT2D eigenvalue weighted by Gasteiger charge is -2.02. The Bertz CT molecular complexity index is 599. The third-order valence-electron chi connectivity index (χ3n) is 2.61. The Morgan fingerprint density at radius 2 is 1.17 bits per heavy atom. The molecule has 0 atom stereocenters. The van der Waals surface area contributed by atoms with E-state index in [1.54, 1.807) is 36.4 Å². The van der Waals surface area contributed by atoms with Crippen LogP contribution in [0.25, 0.3) is 5.57 Å². The van der Waals surface area contributed by atoms with Crippen LogP contribution in [0.2, 0.25) is 0 Å². The van der Waals surface area contributed by atoms with E-state index in [1.807, 2.05) is 33.8 Å². The second kappa shape index (κ2) is 13.9. The lowest BCUT2D eigenvalue weighted by molar-refractivity contribution is 0.435. The van der Waals surface area contributed by atoms with E-state index in [0.29, 0.717) is 11.1 Å². The average molecular weight is 326 g/mol. The van der Waals surface area contributed by atoms with E-state index in [1.165, 1.54) is 6.08 Å². The number of phenols is 1. The topological polar surface area (TPSA) is 40.5 Å². The fourth-order valence-electron chi connectivity index (χ4n) is 1.38. The lowest BCUT2D eigenvalue weighted by Crippen LogP contribution is -1.81. The molecular formula is C22H30O2. The van der Waals surface area contributed by atoms with Gasteiger partial charge in [-0.3, -0.25) is 0 Å². The van der Waals surface area contributed by atoms with Crippen molar-refractivity contribution in [2.75, 3.05) is 0 Å². The first-order valence-electron chi connectivity index (χ1n) is 8.00. The Morgan fingerprint density at radius 3 is 1.58 bits per heavy atom. The van der Waals surface area contributed by atoms with Crippen molar-refractivity contribution in [2.24, 2.45) is 0 Å². The van der Waals surface area contributed by atoms with Gasteiger partial charge in [-0.05, 0) is 40.5 Å². The van der Waals surface area contributed by atoms with Crippen LogP contribution in [0.1, 0.15) is 33.3 Å². The molecule has 0 aliphatic heterocycles. The van der Waals surface area contributed by atoms with Crippen molar-refractivity contribution in [1.82, 2.24) is 0 Å². The normalized spacial score (nSPS) is 9.50. The van der Waals surface area contributed by atoms with Crippen LogP contribution in [0.3, 0.4) is 0 Å². The van der Waals surface area contributed by atoms with Crippen molar-refractivity contribution >= 4 is 5.57 Å². The molecule has 1 rings (SSSR count). The van der Waals surface area contributed by atoms with Gasteiger partial charge in [0.2, 0.25) is 0 Å². The summed E-state index contributed by atoms with van der Waals surface area (Å²) in [5, 5.41) is 18.2. The van der Waals surface area contributed by atoms with E-state index in [9.17, 15) is 5.11 Å². The van der Waals surface area contributed by atoms with Crippen LogP contribution in [0, 0.1) is 0 Å². The molecule has 0 fully saturated rings. The summed E-state index contributed by atoms with van der Waals surface area (Å²) < 4.78 is 0. The molecule has 0 radical (unpaired) electrons. The molecule has 24 heavy (non-hydrogen) atoms. The minimum atomic E-state index is -0.0311. The zero-order chi connectivity index (χ0) is 19.1. The Balaban J connectivity index is 0. The zero-order valence-corrected chi connectivity index (χ0v) is 15.3. The largest absolute Gasteiger partial charge is 0.509 e. The van der Waals surface area contributed by atoms with Gasteiger partial charge in [0.1, 0.15) is 11.5 Å². The maximum absolute atomic E-state index is 9.22. The van der Waals surface area contributed by atoms with Crippen LogP contribution in [0.5, 0.6) is 5.75 Å². The third kappa shape index (κ3) is 10.1. The van der Waals surface area contributed by atoms with Crippen molar-refractivity contribution in [3.63, 3.8) is 0 Å². The third-order valence-corrected chi connectivity index (χ3v) is 2.61. The van der Waals surface area contributed by atoms with Gasteiger partial charge >= 0.3 is 0 Å². The number of aliphatic hydroxyl groups excluding tert-OH is 1. The Labute approximate surface area is 147 Å². The highest BCUT2D eigenvalue weighted by atomic mass is 16.3. The van der Waals surface area contributed by atoms with Gasteiger partial charge < -0.3 is 10.2 Å². The molecule has 0 heterocycles. The molecule has 0 aliphatic carbocycles. The van der Waals surface area contributed by atoms with Crippen LogP contribution < -0.4 is 0 Å². The number of aliphatic hydroxyl groups is 1. The molecule has 1 aromatic rings. The molecule has 2 nitrogen and oxygen atoms in total. The molecular weight excluding hydrogens is 296 g/mol. The molecule has 130 valence electrons. The van der Waals surface area contributed by atoms with Gasteiger partial charge in [0, 0.05) is 0 Å². The van der Waals surface area contributed by atoms with Crippen LogP contribution in [-0.4, -0.2) is 10.2 Å². The molecule has 2 N–H and O–H groups in total. The van der Waals surface area contributed by atoms with E-state index in [4.69, 9.17) is 5.11 Å². The summed E-state index contributed by atoms with van der Waals surface area (Å²) in [6, 6.07) is 6.79. The summed E-state index contributed by atoms with van der Waals surface area (Å²) in [5.41, 5.74) is 3.10. The molecule has 0 spiro atoms. The van der Waals surface area contributed by atoms with Gasteiger partial charge in [-0.2, -0.15) is 0 Å². The fraction of sp³-hybridized carbons (Fsp3) is 0.182. The summed E-state index contributed by atoms with van der Waals surface area (Å²) in [5.74, 6) is 0.189. The molecule has 1 aromatic carbocycles. The van der Waals surface area contributed by atoms with Crippen LogP contribution >= 0.6 is 0 Å². The van der Waals surface area contributed by atoms with E-state index in [2.05, 4.69) is 26.3 Å². The second-order valence-corrected chi connectivity index (χ2v) is 4.28. The Kier molecular flexibility index (Phi) is 13.6. The molecule has 0 aliphatic rings. The standard InChI is InChI=1S/C18H18O2.2C2H6/c1-13(14(2)7-8-16(4)19)5-6-15(3)17-9-11-18(20)12-10-17;2*1-2/h5-12,19-20H,1-4H2;2*1-2H3/b6-5-,8-7-;;. The number of allylic oxidation sites excluding steroid dienone is 7. The first kappa shape index (κ1) is 23.5. The second-order valence-electron chi connectivity index (χ2n) is 4.28. The molecule has 0 saturated heterocycles. The quantitative estimate of drug-likeness (QED) is 0.448. The maximum atomic E-state index is 9.22. The van der Waals surface area contributed by atoms with Crippen LogP contribution in [0.4, 0.5) is 0 Å². The number of phenolic OH excluding ortho intramolecular Hbond substituents is 1. The van der Waals surface area contributed by atoms with Crippen molar-refractivity contribution in [3.8, 4) is 5.75 Å². The van der Waals surface area contributed by atoms with Gasteiger partial charge in [0.05, 0.1) is 0 Å². The van der Waals surface area contributed by atoms with Gasteiger partial charge in [0.25, 0.3) is 0 Å². The first-order chi connectivity index (χ1) is 11.4. The molecule has 0 saturated carbocycles. The first-order valence-corrected chi connectivity index (χ1v) is 8.00. The summed E-state index contributed by atoms with van der Waals surface area (Å²) in [6.45, 7) is 23.0. The molecule has 0 unspecified atom stereocenters. The highest BCUT2D eigenvalue weighted by molar-refractivity contribution is 5.73. The number of hydrogen-bond acceptors (Lipinski definition) is 2. The number of hydrogen-bond donors (Lipinski definition) is 2. The molecule has 0 aromatic heterocycles. The smallest absolute Gasteiger partial charge is 0.115 e. The van der Waals surface area contributed by atoms with E-state index in [-0.39, 0.29) is 11.5 Å². The minimum absolute atomic E-state index is 0.0311. The van der Waals surface area contributed by atoms with Crippen molar-refractivity contribution in [3.05, 3.63) is 97.4 Å². The van der Waals surface area contributed by atoms with Gasteiger partial charge in [-0.25, -0.2) is 0 Å². The van der Waals surface area contributed by atoms with Crippen molar-refractivity contribution < 1.29 is 10.2 Å². The monoisotopic (exact) mass is 326 g/mol. The van der Waals surface area contributed by atoms with Crippen molar-refractivity contribution in [1.29, 1.82) is 0 Å².